The molecule has 3 N–H and O–H groups in total. The van der Waals surface area contributed by atoms with Gasteiger partial charge in [0.05, 0.1) is 16.6 Å². The standard InChI is InChI=1S/C14H11Cl3N4O2/c15-14(16,17)6-5-9-10(11(18)22)12-19-8-4-2-1-3-7(8)13(23)21(12)20-9/h1-4,19H,5-6H2,(H2,18,22). The number of nitrogens with two attached hydrogens (primary N) is 1. The first-order chi connectivity index (χ1) is 10.8. The number of aryl methyl sites for hydroxylation is 1. The quantitative estimate of drug-likeness (QED) is 0.691. The van der Waals surface area contributed by atoms with E-state index in [9.17, 15) is 9.59 Å². The number of fused-ring (bicyclic) bond motifs is 2. The number of rotatable bonds is 3. The fourth-order valence-corrected chi connectivity index (χ4v) is 2.72. The maximum Gasteiger partial charge on any atom is 0.282 e. The van der Waals surface area contributed by atoms with E-state index in [2.05, 4.69) is 10.1 Å². The van der Waals surface area contributed by atoms with E-state index in [0.29, 0.717) is 16.6 Å². The molecular weight excluding hydrogens is 363 g/mol. The predicted octanol–water partition coefficient (Wildman–Crippen LogP) is 2.58. The van der Waals surface area contributed by atoms with Crippen LogP contribution in [0.3, 0.4) is 0 Å². The molecule has 0 bridgehead atoms. The van der Waals surface area contributed by atoms with Gasteiger partial charge in [0.1, 0.15) is 5.56 Å². The lowest BCUT2D eigenvalue weighted by molar-refractivity contribution is 0.100. The van der Waals surface area contributed by atoms with Crippen molar-refractivity contribution in [2.75, 3.05) is 0 Å². The predicted molar refractivity (Wildman–Crippen MR) is 90.4 cm³/mol. The summed E-state index contributed by atoms with van der Waals surface area (Å²) in [4.78, 5) is 27.4. The molecule has 0 unspecified atom stereocenters. The minimum Gasteiger partial charge on any atom is -0.365 e. The van der Waals surface area contributed by atoms with Gasteiger partial charge in [-0.2, -0.15) is 9.61 Å². The molecule has 0 saturated carbocycles. The number of aromatic amines is 1. The summed E-state index contributed by atoms with van der Waals surface area (Å²) in [6.07, 6.45) is 0.329. The summed E-state index contributed by atoms with van der Waals surface area (Å²) in [5.41, 5.74) is 6.35. The number of benzene rings is 1. The Balaban J connectivity index is 2.27. The normalized spacial score (nSPS) is 12.1. The molecular formula is C14H11Cl3N4O2. The molecule has 23 heavy (non-hydrogen) atoms. The summed E-state index contributed by atoms with van der Waals surface area (Å²) in [5.74, 6) is -0.703. The van der Waals surface area contributed by atoms with Crippen LogP contribution in [0.25, 0.3) is 16.6 Å². The van der Waals surface area contributed by atoms with Gasteiger partial charge < -0.3 is 10.7 Å². The Morgan fingerprint density at radius 2 is 2.00 bits per heavy atom. The lowest BCUT2D eigenvalue weighted by Gasteiger charge is -2.08. The first-order valence-electron chi connectivity index (χ1n) is 6.67. The average Bonchev–Trinajstić information content (AvgIpc) is 2.83. The number of primary amides is 1. The molecule has 0 radical (unpaired) electrons. The van der Waals surface area contributed by atoms with Crippen LogP contribution in [0.15, 0.2) is 29.1 Å². The van der Waals surface area contributed by atoms with Gasteiger partial charge in [0.25, 0.3) is 11.5 Å². The maximum absolute atomic E-state index is 12.5. The Labute approximate surface area is 145 Å². The highest BCUT2D eigenvalue weighted by molar-refractivity contribution is 6.67. The van der Waals surface area contributed by atoms with Crippen molar-refractivity contribution in [3.63, 3.8) is 0 Å². The summed E-state index contributed by atoms with van der Waals surface area (Å²) in [5, 5.41) is 4.63. The van der Waals surface area contributed by atoms with E-state index in [-0.39, 0.29) is 29.6 Å². The number of halogens is 3. The number of nitrogens with one attached hydrogen (secondary N) is 1. The topological polar surface area (TPSA) is 93.2 Å². The molecule has 120 valence electrons. The van der Waals surface area contributed by atoms with E-state index in [1.54, 1.807) is 24.3 Å². The monoisotopic (exact) mass is 372 g/mol. The van der Waals surface area contributed by atoms with E-state index in [4.69, 9.17) is 40.5 Å². The minimum atomic E-state index is -1.49. The lowest BCUT2D eigenvalue weighted by Crippen LogP contribution is -2.17. The van der Waals surface area contributed by atoms with Crippen LogP contribution in [0.2, 0.25) is 0 Å². The summed E-state index contributed by atoms with van der Waals surface area (Å²) in [7, 11) is 0. The van der Waals surface area contributed by atoms with Crippen molar-refractivity contribution in [1.82, 2.24) is 14.6 Å². The van der Waals surface area contributed by atoms with Crippen LogP contribution in [-0.4, -0.2) is 24.3 Å². The van der Waals surface area contributed by atoms with Crippen LogP contribution < -0.4 is 11.3 Å². The van der Waals surface area contributed by atoms with Gasteiger partial charge in [-0.1, -0.05) is 46.9 Å². The van der Waals surface area contributed by atoms with E-state index < -0.39 is 9.70 Å². The summed E-state index contributed by atoms with van der Waals surface area (Å²) >= 11 is 17.2. The molecule has 3 aromatic rings. The zero-order valence-corrected chi connectivity index (χ0v) is 13.9. The third kappa shape index (κ3) is 3.02. The Bertz CT molecular complexity index is 972. The van der Waals surface area contributed by atoms with Gasteiger partial charge in [-0.25, -0.2) is 0 Å². The Hall–Kier alpha value is -1.76. The van der Waals surface area contributed by atoms with Crippen LogP contribution in [0.4, 0.5) is 0 Å². The summed E-state index contributed by atoms with van der Waals surface area (Å²) < 4.78 is -0.366. The highest BCUT2D eigenvalue weighted by Crippen LogP contribution is 2.32. The molecule has 3 rings (SSSR count). The van der Waals surface area contributed by atoms with Crippen molar-refractivity contribution >= 4 is 57.3 Å². The van der Waals surface area contributed by atoms with Crippen LogP contribution in [0.1, 0.15) is 22.5 Å². The zero-order chi connectivity index (χ0) is 16.8. The lowest BCUT2D eigenvalue weighted by atomic mass is 10.1. The maximum atomic E-state index is 12.5. The number of carbonyl (C=O) groups is 1. The molecule has 0 aliphatic heterocycles. The Kier molecular flexibility index (Phi) is 4.00. The molecule has 2 aromatic heterocycles. The summed E-state index contributed by atoms with van der Waals surface area (Å²) in [6, 6.07) is 6.92. The molecule has 6 nitrogen and oxygen atoms in total. The van der Waals surface area contributed by atoms with Crippen molar-refractivity contribution < 1.29 is 4.79 Å². The number of nitrogens with zero attached hydrogens (tertiary/aromatic N) is 2. The first-order valence-corrected chi connectivity index (χ1v) is 7.80. The van der Waals surface area contributed by atoms with E-state index in [1.807, 2.05) is 0 Å². The largest absolute Gasteiger partial charge is 0.365 e. The highest BCUT2D eigenvalue weighted by atomic mass is 35.6. The molecule has 0 atom stereocenters. The first kappa shape index (κ1) is 16.1. The molecule has 0 saturated heterocycles. The number of carbonyl (C=O) groups excluding carboxylic acids is 1. The number of hydrogen-bond acceptors (Lipinski definition) is 3. The molecule has 1 aromatic carbocycles. The molecule has 9 heteroatoms. The third-order valence-corrected chi connectivity index (χ3v) is 4.02. The van der Waals surface area contributed by atoms with Crippen molar-refractivity contribution in [1.29, 1.82) is 0 Å². The Morgan fingerprint density at radius 1 is 1.30 bits per heavy atom. The van der Waals surface area contributed by atoms with Gasteiger partial charge in [0, 0.05) is 6.42 Å². The number of hydrogen-bond donors (Lipinski definition) is 2. The summed E-state index contributed by atoms with van der Waals surface area (Å²) in [6.45, 7) is 0. The van der Waals surface area contributed by atoms with Crippen LogP contribution in [0, 0.1) is 0 Å². The smallest absolute Gasteiger partial charge is 0.282 e. The van der Waals surface area contributed by atoms with E-state index >= 15 is 0 Å². The minimum absolute atomic E-state index is 0.127. The van der Waals surface area contributed by atoms with E-state index in [1.165, 1.54) is 0 Å². The number of amides is 1. The molecule has 2 heterocycles. The average molecular weight is 374 g/mol. The van der Waals surface area contributed by atoms with E-state index in [0.717, 1.165) is 4.52 Å². The van der Waals surface area contributed by atoms with Gasteiger partial charge in [0.2, 0.25) is 0 Å². The molecule has 0 aliphatic rings. The number of H-pyrrole nitrogens is 1. The second kappa shape index (κ2) is 5.70. The fraction of sp³-hybridized carbons (Fsp3) is 0.214. The number of aromatic nitrogens is 3. The third-order valence-electron chi connectivity index (χ3n) is 3.45. The molecule has 0 spiro atoms. The molecule has 1 amide bonds. The second-order valence-electron chi connectivity index (χ2n) is 5.04. The zero-order valence-electron chi connectivity index (χ0n) is 11.6. The van der Waals surface area contributed by atoms with Gasteiger partial charge in [-0.3, -0.25) is 9.59 Å². The van der Waals surface area contributed by atoms with Crippen LogP contribution >= 0.6 is 34.8 Å². The fourth-order valence-electron chi connectivity index (χ4n) is 2.44. The van der Waals surface area contributed by atoms with Gasteiger partial charge >= 0.3 is 0 Å². The van der Waals surface area contributed by atoms with Crippen molar-refractivity contribution in [3.05, 3.63) is 45.9 Å². The molecule has 0 fully saturated rings. The van der Waals surface area contributed by atoms with Gasteiger partial charge in [-0.15, -0.1) is 0 Å². The van der Waals surface area contributed by atoms with Gasteiger partial charge in [0.15, 0.2) is 9.44 Å². The number of para-hydroxylation sites is 1. The van der Waals surface area contributed by atoms with Crippen LogP contribution in [-0.2, 0) is 6.42 Å². The SMILES string of the molecule is NC(=O)c1c(CCC(Cl)(Cl)Cl)nn2c(=O)c3ccccc3[nH]c12. The molecule has 0 aliphatic carbocycles. The van der Waals surface area contributed by atoms with Crippen molar-refractivity contribution in [2.24, 2.45) is 5.73 Å². The highest BCUT2D eigenvalue weighted by Gasteiger charge is 2.25. The number of alkyl halides is 3. The van der Waals surface area contributed by atoms with Gasteiger partial charge in [-0.05, 0) is 18.6 Å². The van der Waals surface area contributed by atoms with Crippen molar-refractivity contribution in [2.45, 2.75) is 16.6 Å². The second-order valence-corrected chi connectivity index (χ2v) is 7.55. The Morgan fingerprint density at radius 3 is 2.65 bits per heavy atom. The van der Waals surface area contributed by atoms with Crippen LogP contribution in [0.5, 0.6) is 0 Å². The van der Waals surface area contributed by atoms with Crippen molar-refractivity contribution in [3.8, 4) is 0 Å².